The Morgan fingerprint density at radius 2 is 1.95 bits per heavy atom. The lowest BCUT2D eigenvalue weighted by Crippen LogP contribution is -2.12. The van der Waals surface area contributed by atoms with E-state index in [1.165, 1.54) is 11.8 Å². The number of benzene rings is 1. The predicted octanol–water partition coefficient (Wildman–Crippen LogP) is 2.45. The van der Waals surface area contributed by atoms with Crippen molar-refractivity contribution in [3.8, 4) is 0 Å². The van der Waals surface area contributed by atoms with Crippen molar-refractivity contribution in [2.75, 3.05) is 0 Å². The smallest absolute Gasteiger partial charge is 0.250 e. The molecule has 106 valence electrons. The average Bonchev–Trinajstić information content (AvgIpc) is 2.90. The lowest BCUT2D eigenvalue weighted by Gasteiger charge is -2.13. The van der Waals surface area contributed by atoms with Crippen LogP contribution in [0.3, 0.4) is 0 Å². The maximum Gasteiger partial charge on any atom is 0.250 e. The number of aromatic nitrogens is 3. The van der Waals surface area contributed by atoms with Gasteiger partial charge < -0.3 is 5.73 Å². The first-order chi connectivity index (χ1) is 10.1. The first-order valence-corrected chi connectivity index (χ1v) is 6.76. The van der Waals surface area contributed by atoms with E-state index in [1.807, 2.05) is 4.68 Å². The van der Waals surface area contributed by atoms with Gasteiger partial charge in [0.2, 0.25) is 5.91 Å². The predicted molar refractivity (Wildman–Crippen MR) is 81.0 cm³/mol. The molecule has 0 spiro atoms. The van der Waals surface area contributed by atoms with Gasteiger partial charge in [0.25, 0.3) is 0 Å². The summed E-state index contributed by atoms with van der Waals surface area (Å²) in [6.07, 6.45) is 3.20. The fourth-order valence-electron chi connectivity index (χ4n) is 2.34. The van der Waals surface area contributed by atoms with E-state index in [1.54, 1.807) is 12.3 Å². The summed E-state index contributed by atoms with van der Waals surface area (Å²) in [6, 6.07) is 10.1. The second kappa shape index (κ2) is 5.01. The molecule has 0 fully saturated rings. The number of rotatable bonds is 3. The number of pyridine rings is 1. The van der Waals surface area contributed by atoms with Gasteiger partial charge in [-0.3, -0.25) is 4.79 Å². The zero-order valence-corrected chi connectivity index (χ0v) is 11.9. The van der Waals surface area contributed by atoms with Gasteiger partial charge in [-0.05, 0) is 25.5 Å². The average molecular weight is 280 g/mol. The van der Waals surface area contributed by atoms with Crippen LogP contribution in [0.25, 0.3) is 11.0 Å². The fraction of sp³-hybridized carbons (Fsp3) is 0.188. The van der Waals surface area contributed by atoms with Crippen LogP contribution in [0.5, 0.6) is 0 Å². The van der Waals surface area contributed by atoms with E-state index in [0.29, 0.717) is 5.56 Å². The topological polar surface area (TPSA) is 73.8 Å². The largest absolute Gasteiger partial charge is 0.366 e. The Morgan fingerprint density at radius 1 is 1.24 bits per heavy atom. The molecular formula is C16H16N4O. The first-order valence-electron chi connectivity index (χ1n) is 6.76. The summed E-state index contributed by atoms with van der Waals surface area (Å²) in [6.45, 7) is 4.13. The molecule has 3 aromatic rings. The summed E-state index contributed by atoms with van der Waals surface area (Å²) in [5, 5.41) is 5.21. The van der Waals surface area contributed by atoms with Crippen LogP contribution in [0.2, 0.25) is 0 Å². The number of nitrogens with two attached hydrogens (primary N) is 1. The van der Waals surface area contributed by atoms with Crippen molar-refractivity contribution in [2.24, 2.45) is 5.73 Å². The van der Waals surface area contributed by atoms with Crippen LogP contribution in [-0.2, 0) is 0 Å². The van der Waals surface area contributed by atoms with E-state index in [0.717, 1.165) is 16.6 Å². The zero-order chi connectivity index (χ0) is 15.0. The van der Waals surface area contributed by atoms with E-state index in [9.17, 15) is 4.79 Å². The van der Waals surface area contributed by atoms with Gasteiger partial charge in [0, 0.05) is 11.6 Å². The maximum atomic E-state index is 11.2. The lowest BCUT2D eigenvalue weighted by molar-refractivity contribution is 0.1000. The minimum Gasteiger partial charge on any atom is -0.366 e. The lowest BCUT2D eigenvalue weighted by atomic mass is 10.1. The maximum absolute atomic E-state index is 11.2. The van der Waals surface area contributed by atoms with E-state index in [4.69, 9.17) is 5.73 Å². The van der Waals surface area contributed by atoms with Crippen molar-refractivity contribution in [1.29, 1.82) is 0 Å². The minimum absolute atomic E-state index is 0.0648. The van der Waals surface area contributed by atoms with Gasteiger partial charge in [0.05, 0.1) is 17.8 Å². The number of amides is 1. The normalized spacial score (nSPS) is 12.5. The highest BCUT2D eigenvalue weighted by Crippen LogP contribution is 2.22. The van der Waals surface area contributed by atoms with Crippen molar-refractivity contribution >= 4 is 16.9 Å². The van der Waals surface area contributed by atoms with Gasteiger partial charge in [0.15, 0.2) is 5.65 Å². The molecule has 2 aromatic heterocycles. The number of nitrogens with zero attached hydrogens (tertiary/aromatic N) is 3. The molecule has 0 aliphatic heterocycles. The summed E-state index contributed by atoms with van der Waals surface area (Å²) in [5.74, 6) is -0.483. The summed E-state index contributed by atoms with van der Waals surface area (Å²) in [7, 11) is 0. The molecular weight excluding hydrogens is 264 g/mol. The molecule has 0 radical (unpaired) electrons. The number of carbonyl (C=O) groups excluding carboxylic acids is 1. The number of carbonyl (C=O) groups is 1. The van der Waals surface area contributed by atoms with Crippen LogP contribution in [0.1, 0.15) is 34.5 Å². The van der Waals surface area contributed by atoms with E-state index in [-0.39, 0.29) is 6.04 Å². The number of primary amides is 1. The van der Waals surface area contributed by atoms with Crippen molar-refractivity contribution in [3.63, 3.8) is 0 Å². The van der Waals surface area contributed by atoms with Crippen molar-refractivity contribution in [3.05, 3.63) is 59.4 Å². The monoisotopic (exact) mass is 280 g/mol. The molecule has 5 nitrogen and oxygen atoms in total. The second-order valence-electron chi connectivity index (χ2n) is 5.18. The Hall–Kier alpha value is -2.69. The standard InChI is InChI=1S/C16H16N4O/c1-10-3-5-12(6-4-10)11(2)20-16-14(9-19-20)7-13(8-18-16)15(17)21/h3-9,11H,1-2H3,(H2,17,21)/t11-/m1/s1. The van der Waals surface area contributed by atoms with Gasteiger partial charge in [0.1, 0.15) is 0 Å². The Bertz CT molecular complexity index is 805. The van der Waals surface area contributed by atoms with E-state index >= 15 is 0 Å². The Kier molecular flexibility index (Phi) is 3.17. The van der Waals surface area contributed by atoms with Crippen LogP contribution >= 0.6 is 0 Å². The first kappa shape index (κ1) is 13.3. The van der Waals surface area contributed by atoms with Crippen LogP contribution < -0.4 is 5.73 Å². The molecule has 3 rings (SSSR count). The van der Waals surface area contributed by atoms with Crippen LogP contribution in [0, 0.1) is 6.92 Å². The Balaban J connectivity index is 2.04. The van der Waals surface area contributed by atoms with E-state index < -0.39 is 5.91 Å². The molecule has 0 unspecified atom stereocenters. The fourth-order valence-corrected chi connectivity index (χ4v) is 2.34. The molecule has 21 heavy (non-hydrogen) atoms. The van der Waals surface area contributed by atoms with Crippen LogP contribution in [-0.4, -0.2) is 20.7 Å². The van der Waals surface area contributed by atoms with Gasteiger partial charge in [-0.2, -0.15) is 5.10 Å². The second-order valence-corrected chi connectivity index (χ2v) is 5.18. The number of fused-ring (bicyclic) bond motifs is 1. The zero-order valence-electron chi connectivity index (χ0n) is 11.9. The molecule has 0 saturated carbocycles. The molecule has 1 aromatic carbocycles. The number of hydrogen-bond acceptors (Lipinski definition) is 3. The highest BCUT2D eigenvalue weighted by Gasteiger charge is 2.14. The molecule has 2 N–H and O–H groups in total. The number of hydrogen-bond donors (Lipinski definition) is 1. The SMILES string of the molecule is Cc1ccc([C@@H](C)n2ncc3cc(C(N)=O)cnc32)cc1. The molecule has 2 heterocycles. The molecule has 0 bridgehead atoms. The summed E-state index contributed by atoms with van der Waals surface area (Å²) in [4.78, 5) is 15.5. The van der Waals surface area contributed by atoms with Gasteiger partial charge in [-0.15, -0.1) is 0 Å². The molecule has 1 amide bonds. The third-order valence-electron chi connectivity index (χ3n) is 3.64. The molecule has 0 aliphatic carbocycles. The van der Waals surface area contributed by atoms with Crippen LogP contribution in [0.15, 0.2) is 42.7 Å². The summed E-state index contributed by atoms with van der Waals surface area (Å²) >= 11 is 0. The minimum atomic E-state index is -0.483. The Labute approximate surface area is 122 Å². The van der Waals surface area contributed by atoms with Crippen LogP contribution in [0.4, 0.5) is 0 Å². The van der Waals surface area contributed by atoms with Gasteiger partial charge in [-0.1, -0.05) is 29.8 Å². The Morgan fingerprint density at radius 3 is 2.62 bits per heavy atom. The highest BCUT2D eigenvalue weighted by molar-refractivity contribution is 5.95. The highest BCUT2D eigenvalue weighted by atomic mass is 16.1. The molecule has 5 heteroatoms. The van der Waals surface area contributed by atoms with Crippen molar-refractivity contribution in [2.45, 2.75) is 19.9 Å². The van der Waals surface area contributed by atoms with Gasteiger partial charge in [-0.25, -0.2) is 9.67 Å². The van der Waals surface area contributed by atoms with Crippen molar-refractivity contribution < 1.29 is 4.79 Å². The number of aryl methyl sites for hydroxylation is 1. The molecule has 0 saturated heterocycles. The molecule has 1 atom stereocenters. The van der Waals surface area contributed by atoms with Crippen molar-refractivity contribution in [1.82, 2.24) is 14.8 Å². The summed E-state index contributed by atoms with van der Waals surface area (Å²) < 4.78 is 1.85. The van der Waals surface area contributed by atoms with Gasteiger partial charge >= 0.3 is 0 Å². The van der Waals surface area contributed by atoms with E-state index in [2.05, 4.69) is 48.2 Å². The summed E-state index contributed by atoms with van der Waals surface area (Å²) in [5.41, 5.74) is 8.79. The third-order valence-corrected chi connectivity index (χ3v) is 3.64. The quantitative estimate of drug-likeness (QED) is 0.800. The molecule has 0 aliphatic rings. The third kappa shape index (κ3) is 2.38.